The summed E-state index contributed by atoms with van der Waals surface area (Å²) in [6, 6.07) is 9.57. The van der Waals surface area contributed by atoms with Crippen LogP contribution < -0.4 is 10.6 Å². The number of hydrogen-bond acceptors (Lipinski definition) is 5. The minimum Gasteiger partial charge on any atom is -0.385 e. The number of nitrogens with zero attached hydrogens (tertiary/aromatic N) is 2. The second-order valence-corrected chi connectivity index (χ2v) is 9.65. The summed E-state index contributed by atoms with van der Waals surface area (Å²) in [5.41, 5.74) is 2.56. The SMILES string of the molecule is O=C(Nc1cc(-c2cccc(NCC3CCOCC3)c2)c(Cl)cn1)C1CCCN(CC(F)(F)F)C1. The number of halogens is 4. The average molecular weight is 511 g/mol. The number of nitrogens with one attached hydrogen (secondary N) is 2. The van der Waals surface area contributed by atoms with Gasteiger partial charge in [0.2, 0.25) is 5.91 Å². The lowest BCUT2D eigenvalue weighted by Crippen LogP contribution is -2.44. The number of carbonyl (C=O) groups excluding carboxylic acids is 1. The third kappa shape index (κ3) is 7.56. The number of pyridine rings is 1. The molecule has 2 fully saturated rings. The largest absolute Gasteiger partial charge is 0.401 e. The molecule has 0 radical (unpaired) electrons. The van der Waals surface area contributed by atoms with Crippen molar-refractivity contribution in [2.75, 3.05) is 50.0 Å². The number of benzene rings is 1. The summed E-state index contributed by atoms with van der Waals surface area (Å²) >= 11 is 6.43. The summed E-state index contributed by atoms with van der Waals surface area (Å²) in [7, 11) is 0. The predicted octanol–water partition coefficient (Wildman–Crippen LogP) is 5.45. The third-order valence-electron chi connectivity index (χ3n) is 6.50. The summed E-state index contributed by atoms with van der Waals surface area (Å²) in [4.78, 5) is 18.3. The van der Waals surface area contributed by atoms with Crippen LogP contribution in [-0.2, 0) is 9.53 Å². The monoisotopic (exact) mass is 510 g/mol. The third-order valence-corrected chi connectivity index (χ3v) is 6.80. The van der Waals surface area contributed by atoms with Crippen LogP contribution in [0.3, 0.4) is 0 Å². The second-order valence-electron chi connectivity index (χ2n) is 9.25. The molecule has 1 aromatic heterocycles. The van der Waals surface area contributed by atoms with Crippen LogP contribution in [-0.4, -0.2) is 61.4 Å². The minimum atomic E-state index is -4.28. The molecule has 1 unspecified atom stereocenters. The normalized spacial score (nSPS) is 19.9. The maximum Gasteiger partial charge on any atom is 0.401 e. The number of rotatable bonds is 7. The Hall–Kier alpha value is -2.36. The van der Waals surface area contributed by atoms with Crippen molar-refractivity contribution in [1.82, 2.24) is 9.88 Å². The molecule has 3 heterocycles. The summed E-state index contributed by atoms with van der Waals surface area (Å²) < 4.78 is 43.7. The van der Waals surface area contributed by atoms with Gasteiger partial charge in [-0.1, -0.05) is 23.7 Å². The van der Waals surface area contributed by atoms with E-state index in [1.165, 1.54) is 11.1 Å². The van der Waals surface area contributed by atoms with E-state index in [0.29, 0.717) is 41.7 Å². The molecule has 2 N–H and O–H groups in total. The van der Waals surface area contributed by atoms with Crippen molar-refractivity contribution < 1.29 is 22.7 Å². The van der Waals surface area contributed by atoms with Gasteiger partial charge < -0.3 is 15.4 Å². The van der Waals surface area contributed by atoms with Crippen LogP contribution in [0.5, 0.6) is 0 Å². The number of anilines is 2. The zero-order valence-electron chi connectivity index (χ0n) is 19.4. The molecule has 2 saturated heterocycles. The van der Waals surface area contributed by atoms with Gasteiger partial charge in [-0.3, -0.25) is 9.69 Å². The second kappa shape index (κ2) is 11.6. The maximum absolute atomic E-state index is 12.8. The quantitative estimate of drug-likeness (QED) is 0.518. The molecule has 2 aliphatic heterocycles. The number of ether oxygens (including phenoxy) is 1. The van der Waals surface area contributed by atoms with Gasteiger partial charge in [0.15, 0.2) is 0 Å². The average Bonchev–Trinajstić information content (AvgIpc) is 2.84. The maximum atomic E-state index is 12.8. The first-order chi connectivity index (χ1) is 16.8. The molecule has 2 aliphatic rings. The van der Waals surface area contributed by atoms with E-state index in [9.17, 15) is 18.0 Å². The van der Waals surface area contributed by atoms with E-state index in [2.05, 4.69) is 15.6 Å². The first-order valence-corrected chi connectivity index (χ1v) is 12.3. The van der Waals surface area contributed by atoms with Crippen molar-refractivity contribution in [2.45, 2.75) is 31.9 Å². The fourth-order valence-electron chi connectivity index (χ4n) is 4.63. The van der Waals surface area contributed by atoms with E-state index in [0.717, 1.165) is 43.9 Å². The standard InChI is InChI=1S/C25H30ClF3N4O2/c26-22-14-31-23(32-24(34)19-4-2-8-33(15-19)16-25(27,28)29)12-21(22)18-3-1-5-20(11-18)30-13-17-6-9-35-10-7-17/h1,3,5,11-12,14,17,19,30H,2,4,6-10,13,15-16H2,(H,31,32,34). The van der Waals surface area contributed by atoms with Gasteiger partial charge in [-0.25, -0.2) is 4.98 Å². The Morgan fingerprint density at radius 3 is 2.77 bits per heavy atom. The van der Waals surface area contributed by atoms with Gasteiger partial charge in [0.1, 0.15) is 5.82 Å². The molecule has 1 amide bonds. The Morgan fingerprint density at radius 2 is 2.00 bits per heavy atom. The van der Waals surface area contributed by atoms with Crippen molar-refractivity contribution in [3.05, 3.63) is 41.6 Å². The van der Waals surface area contributed by atoms with Gasteiger partial charge in [-0.15, -0.1) is 0 Å². The van der Waals surface area contributed by atoms with E-state index in [-0.39, 0.29) is 12.5 Å². The van der Waals surface area contributed by atoms with Crippen LogP contribution in [0.15, 0.2) is 36.5 Å². The van der Waals surface area contributed by atoms with Gasteiger partial charge in [-0.05, 0) is 61.9 Å². The zero-order chi connectivity index (χ0) is 24.8. The number of carbonyl (C=O) groups is 1. The Bertz CT molecular complexity index is 1010. The first-order valence-electron chi connectivity index (χ1n) is 11.9. The lowest BCUT2D eigenvalue weighted by Gasteiger charge is -2.32. The van der Waals surface area contributed by atoms with E-state index in [1.54, 1.807) is 6.07 Å². The van der Waals surface area contributed by atoms with Gasteiger partial charge in [0.05, 0.1) is 17.5 Å². The molecular formula is C25H30ClF3N4O2. The smallest absolute Gasteiger partial charge is 0.385 e. The Labute approximate surface area is 208 Å². The summed E-state index contributed by atoms with van der Waals surface area (Å²) in [5, 5.41) is 6.70. The van der Waals surface area contributed by atoms with Crippen LogP contribution in [0.25, 0.3) is 11.1 Å². The van der Waals surface area contributed by atoms with E-state index >= 15 is 0 Å². The molecule has 190 valence electrons. The van der Waals surface area contributed by atoms with E-state index in [4.69, 9.17) is 16.3 Å². The molecule has 35 heavy (non-hydrogen) atoms. The first kappa shape index (κ1) is 25.7. The highest BCUT2D eigenvalue weighted by molar-refractivity contribution is 6.33. The zero-order valence-corrected chi connectivity index (χ0v) is 20.2. The molecule has 1 atom stereocenters. The molecular weight excluding hydrogens is 481 g/mol. The molecule has 4 rings (SSSR count). The van der Waals surface area contributed by atoms with Crippen LogP contribution in [0.2, 0.25) is 5.02 Å². The fraction of sp³-hybridized carbons (Fsp3) is 0.520. The van der Waals surface area contributed by atoms with Crippen molar-refractivity contribution in [2.24, 2.45) is 11.8 Å². The van der Waals surface area contributed by atoms with Crippen LogP contribution in [0, 0.1) is 11.8 Å². The molecule has 0 spiro atoms. The molecule has 1 aromatic carbocycles. The number of likely N-dealkylation sites (tertiary alicyclic amines) is 1. The Morgan fingerprint density at radius 1 is 1.20 bits per heavy atom. The fourth-order valence-corrected chi connectivity index (χ4v) is 4.85. The highest BCUT2D eigenvalue weighted by Gasteiger charge is 2.34. The Balaban J connectivity index is 1.41. The molecule has 0 bridgehead atoms. The molecule has 0 saturated carbocycles. The highest BCUT2D eigenvalue weighted by atomic mass is 35.5. The summed E-state index contributed by atoms with van der Waals surface area (Å²) in [5.74, 6) is 0.0442. The lowest BCUT2D eigenvalue weighted by atomic mass is 9.97. The van der Waals surface area contributed by atoms with Crippen molar-refractivity contribution >= 4 is 29.0 Å². The summed E-state index contributed by atoms with van der Waals surface area (Å²) in [6.45, 7) is 1.88. The van der Waals surface area contributed by atoms with E-state index in [1.807, 2.05) is 24.3 Å². The molecule has 10 heteroatoms. The molecule has 0 aliphatic carbocycles. The van der Waals surface area contributed by atoms with E-state index < -0.39 is 18.6 Å². The van der Waals surface area contributed by atoms with Crippen LogP contribution >= 0.6 is 11.6 Å². The van der Waals surface area contributed by atoms with Gasteiger partial charge >= 0.3 is 6.18 Å². The molecule has 2 aromatic rings. The topological polar surface area (TPSA) is 66.5 Å². The Kier molecular flexibility index (Phi) is 8.51. The minimum absolute atomic E-state index is 0.0760. The number of alkyl halides is 3. The van der Waals surface area contributed by atoms with Gasteiger partial charge in [-0.2, -0.15) is 13.2 Å². The predicted molar refractivity (Wildman–Crippen MR) is 131 cm³/mol. The van der Waals surface area contributed by atoms with Crippen molar-refractivity contribution in [1.29, 1.82) is 0 Å². The lowest BCUT2D eigenvalue weighted by molar-refractivity contribution is -0.151. The van der Waals surface area contributed by atoms with Crippen molar-refractivity contribution in [3.63, 3.8) is 0 Å². The highest BCUT2D eigenvalue weighted by Crippen LogP contribution is 2.31. The summed E-state index contributed by atoms with van der Waals surface area (Å²) in [6.07, 6.45) is 0.370. The van der Waals surface area contributed by atoms with Gasteiger partial charge in [0.25, 0.3) is 0 Å². The van der Waals surface area contributed by atoms with Gasteiger partial charge in [0, 0.05) is 43.8 Å². The van der Waals surface area contributed by atoms with Crippen molar-refractivity contribution in [3.8, 4) is 11.1 Å². The number of amides is 1. The number of aromatic nitrogens is 1. The number of hydrogen-bond donors (Lipinski definition) is 2. The van der Waals surface area contributed by atoms with Crippen LogP contribution in [0.1, 0.15) is 25.7 Å². The van der Waals surface area contributed by atoms with Crippen LogP contribution in [0.4, 0.5) is 24.7 Å². The number of piperidine rings is 1. The molecule has 6 nitrogen and oxygen atoms in total.